The van der Waals surface area contributed by atoms with Gasteiger partial charge in [0.15, 0.2) is 0 Å². The summed E-state index contributed by atoms with van der Waals surface area (Å²) in [7, 11) is 0. The fourth-order valence-corrected chi connectivity index (χ4v) is 4.71. The number of benzene rings is 5. The Labute approximate surface area is 272 Å². The van der Waals surface area contributed by atoms with Crippen LogP contribution in [0.5, 0.6) is 0 Å². The second kappa shape index (κ2) is 15.1. The van der Waals surface area contributed by atoms with Crippen molar-refractivity contribution < 1.29 is 0 Å². The monoisotopic (exact) mass is 596 g/mol. The van der Waals surface area contributed by atoms with E-state index in [0.717, 1.165) is 28.9 Å². The quantitative estimate of drug-likeness (QED) is 0.192. The molecule has 0 aliphatic heterocycles. The molecule has 5 aromatic carbocycles. The number of nitrogens with zero attached hydrogens (tertiary/aromatic N) is 2. The van der Waals surface area contributed by atoms with Crippen LogP contribution in [0.3, 0.4) is 0 Å². The first-order chi connectivity index (χ1) is 21.5. The maximum absolute atomic E-state index is 2.37. The minimum atomic E-state index is 0.500. The van der Waals surface area contributed by atoms with Crippen molar-refractivity contribution in [2.75, 3.05) is 4.90 Å². The molecule has 6 rings (SSSR count). The number of para-hydroxylation sites is 3. The highest BCUT2D eigenvalue weighted by Gasteiger charge is 2.17. The van der Waals surface area contributed by atoms with Crippen molar-refractivity contribution in [1.29, 1.82) is 0 Å². The summed E-state index contributed by atoms with van der Waals surface area (Å²) in [6.45, 7) is 20.1. The van der Waals surface area contributed by atoms with Crippen molar-refractivity contribution in [3.8, 4) is 5.69 Å². The highest BCUT2D eigenvalue weighted by atomic mass is 15.1. The zero-order valence-electron chi connectivity index (χ0n) is 28.9. The number of aryl methyl sites for hydroxylation is 1. The third-order valence-electron chi connectivity index (χ3n) is 8.76. The zero-order chi connectivity index (χ0) is 32.6. The van der Waals surface area contributed by atoms with Crippen LogP contribution in [0, 0.1) is 24.2 Å². The van der Waals surface area contributed by atoms with Crippen LogP contribution in [0.4, 0.5) is 17.1 Å². The van der Waals surface area contributed by atoms with Gasteiger partial charge in [0.2, 0.25) is 0 Å². The van der Waals surface area contributed by atoms with E-state index in [1.807, 2.05) is 0 Å². The smallest absolute Gasteiger partial charge is 0.0543 e. The molecule has 0 saturated carbocycles. The molecule has 2 nitrogen and oxygen atoms in total. The Morgan fingerprint density at radius 1 is 0.578 bits per heavy atom. The van der Waals surface area contributed by atoms with E-state index in [1.165, 1.54) is 39.5 Å². The van der Waals surface area contributed by atoms with E-state index in [0.29, 0.717) is 5.41 Å². The first kappa shape index (κ1) is 33.6. The molecular formula is C43H52N2. The minimum absolute atomic E-state index is 0.500. The zero-order valence-corrected chi connectivity index (χ0v) is 28.9. The van der Waals surface area contributed by atoms with Gasteiger partial charge in [-0.1, -0.05) is 129 Å². The summed E-state index contributed by atoms with van der Waals surface area (Å²) >= 11 is 0. The molecule has 0 spiro atoms. The maximum Gasteiger partial charge on any atom is 0.0543 e. The maximum atomic E-state index is 2.37. The van der Waals surface area contributed by atoms with Gasteiger partial charge in [-0.25, -0.2) is 0 Å². The van der Waals surface area contributed by atoms with Crippen molar-refractivity contribution in [2.24, 2.45) is 17.3 Å². The summed E-state index contributed by atoms with van der Waals surface area (Å²) in [5.74, 6) is 1.68. The van der Waals surface area contributed by atoms with Crippen molar-refractivity contribution in [2.45, 2.75) is 68.7 Å². The van der Waals surface area contributed by atoms with Crippen LogP contribution >= 0.6 is 0 Å². The van der Waals surface area contributed by atoms with Gasteiger partial charge in [0.25, 0.3) is 0 Å². The van der Waals surface area contributed by atoms with E-state index in [-0.39, 0.29) is 0 Å². The predicted octanol–water partition coefficient (Wildman–Crippen LogP) is 13.3. The molecule has 6 aromatic rings. The van der Waals surface area contributed by atoms with Gasteiger partial charge < -0.3 is 9.47 Å². The molecule has 234 valence electrons. The highest BCUT2D eigenvalue weighted by molar-refractivity contribution is 6.10. The number of anilines is 3. The molecule has 1 heterocycles. The molecule has 0 aliphatic carbocycles. The molecule has 1 aromatic heterocycles. The van der Waals surface area contributed by atoms with Crippen LogP contribution in [0.25, 0.3) is 27.5 Å². The van der Waals surface area contributed by atoms with Crippen LogP contribution < -0.4 is 4.90 Å². The fourth-order valence-electron chi connectivity index (χ4n) is 4.71. The van der Waals surface area contributed by atoms with Crippen molar-refractivity contribution in [3.63, 3.8) is 0 Å². The Balaban J connectivity index is 0.000000329. The average molecular weight is 597 g/mol. The minimum Gasteiger partial charge on any atom is -0.310 e. The van der Waals surface area contributed by atoms with Crippen LogP contribution in [0.15, 0.2) is 127 Å². The number of fused-ring (bicyclic) bond motifs is 3. The van der Waals surface area contributed by atoms with E-state index >= 15 is 0 Å². The molecule has 0 aliphatic rings. The lowest BCUT2D eigenvalue weighted by Crippen LogP contribution is -2.12. The van der Waals surface area contributed by atoms with E-state index in [9.17, 15) is 0 Å². The second-order valence-electron chi connectivity index (χ2n) is 13.7. The van der Waals surface area contributed by atoms with Gasteiger partial charge in [-0.05, 0) is 90.4 Å². The van der Waals surface area contributed by atoms with E-state index in [4.69, 9.17) is 0 Å². The fraction of sp³-hybridized carbons (Fsp3) is 0.302. The van der Waals surface area contributed by atoms with Crippen molar-refractivity contribution in [1.82, 2.24) is 4.57 Å². The molecule has 0 N–H and O–H groups in total. The molecule has 0 radical (unpaired) electrons. The molecule has 0 bridgehead atoms. The summed E-state index contributed by atoms with van der Waals surface area (Å²) in [5, 5.41) is 2.52. The molecular weight excluding hydrogens is 544 g/mol. The van der Waals surface area contributed by atoms with Crippen molar-refractivity contribution in [3.05, 3.63) is 133 Å². The van der Waals surface area contributed by atoms with E-state index in [1.54, 1.807) is 0 Å². The van der Waals surface area contributed by atoms with Gasteiger partial charge in [-0.15, -0.1) is 0 Å². The topological polar surface area (TPSA) is 8.17 Å². The van der Waals surface area contributed by atoms with Gasteiger partial charge >= 0.3 is 0 Å². The normalized spacial score (nSPS) is 11.3. The van der Waals surface area contributed by atoms with Gasteiger partial charge in [0, 0.05) is 33.5 Å². The average Bonchev–Trinajstić information content (AvgIpc) is 3.35. The Hall–Kier alpha value is -4.30. The third-order valence-corrected chi connectivity index (χ3v) is 8.76. The summed E-state index contributed by atoms with van der Waals surface area (Å²) in [6.07, 6.45) is 1.31. The van der Waals surface area contributed by atoms with Crippen LogP contribution in [0.1, 0.15) is 67.4 Å². The SMILES string of the molecule is CC(C)C(C)(C)C.CCC(C)C.Cc1ccc2c3cc(N(c4ccccc4)c4ccccc4)ccc3n(-c3ccccc3)c2c1. The highest BCUT2D eigenvalue weighted by Crippen LogP contribution is 2.39. The van der Waals surface area contributed by atoms with Gasteiger partial charge in [-0.3, -0.25) is 0 Å². The second-order valence-corrected chi connectivity index (χ2v) is 13.7. The molecule has 0 amide bonds. The summed E-state index contributed by atoms with van der Waals surface area (Å²) in [6, 6.07) is 45.3. The lowest BCUT2D eigenvalue weighted by Gasteiger charge is -2.25. The standard InChI is InChI=1S/C31H24N2.C7H16.C5H12/c1-23-17-19-28-29-22-27(32(24-11-5-2-6-12-24)25-13-7-3-8-14-25)18-20-30(29)33(31(28)21-23)26-15-9-4-10-16-26;1-6(2)7(3,4)5;1-4-5(2)3/h2-22H,1H3;6H,1-5H3;5H,4H2,1-3H3. The number of hydrogen-bond donors (Lipinski definition) is 0. The predicted molar refractivity (Wildman–Crippen MR) is 200 cm³/mol. The summed E-state index contributed by atoms with van der Waals surface area (Å²) in [5.41, 5.74) is 8.83. The largest absolute Gasteiger partial charge is 0.310 e. The lowest BCUT2D eigenvalue weighted by atomic mass is 9.84. The molecule has 0 atom stereocenters. The van der Waals surface area contributed by atoms with Crippen LogP contribution in [-0.2, 0) is 0 Å². The van der Waals surface area contributed by atoms with Crippen LogP contribution in [-0.4, -0.2) is 4.57 Å². The molecule has 45 heavy (non-hydrogen) atoms. The Bertz CT molecular complexity index is 1720. The number of hydrogen-bond acceptors (Lipinski definition) is 1. The van der Waals surface area contributed by atoms with Crippen molar-refractivity contribution >= 4 is 38.9 Å². The third kappa shape index (κ3) is 8.45. The van der Waals surface area contributed by atoms with Gasteiger partial charge in [0.1, 0.15) is 0 Å². The Kier molecular flexibility index (Phi) is 11.3. The molecule has 2 heteroatoms. The Morgan fingerprint density at radius 2 is 1.07 bits per heavy atom. The molecule has 0 saturated heterocycles. The van der Waals surface area contributed by atoms with E-state index < -0.39 is 0 Å². The summed E-state index contributed by atoms with van der Waals surface area (Å²) < 4.78 is 2.37. The van der Waals surface area contributed by atoms with Crippen LogP contribution in [0.2, 0.25) is 0 Å². The molecule has 0 unspecified atom stereocenters. The van der Waals surface area contributed by atoms with Gasteiger partial charge in [-0.2, -0.15) is 0 Å². The first-order valence-electron chi connectivity index (χ1n) is 16.5. The summed E-state index contributed by atoms with van der Waals surface area (Å²) in [4.78, 5) is 2.32. The molecule has 0 fully saturated rings. The van der Waals surface area contributed by atoms with Gasteiger partial charge in [0.05, 0.1) is 11.0 Å². The lowest BCUT2D eigenvalue weighted by molar-refractivity contribution is 0.283. The first-order valence-corrected chi connectivity index (χ1v) is 16.5. The number of aromatic nitrogens is 1. The number of rotatable bonds is 5. The van der Waals surface area contributed by atoms with E-state index in [2.05, 4.69) is 199 Å². The Morgan fingerprint density at radius 3 is 1.53 bits per heavy atom.